The van der Waals surface area contributed by atoms with Crippen LogP contribution in [-0.2, 0) is 0 Å². The molecule has 0 unspecified atom stereocenters. The number of anilines is 1. The molecule has 2 N–H and O–H groups in total. The van der Waals surface area contributed by atoms with E-state index in [1.165, 1.54) is 12.8 Å². The fourth-order valence-electron chi connectivity index (χ4n) is 2.19. The molecular formula is C11H17ClN4O. The summed E-state index contributed by atoms with van der Waals surface area (Å²) >= 11 is 5.97. The van der Waals surface area contributed by atoms with E-state index in [-0.39, 0.29) is 10.6 Å². The third-order valence-electron chi connectivity index (χ3n) is 3.18. The van der Waals surface area contributed by atoms with Crippen LogP contribution in [0.2, 0.25) is 5.02 Å². The van der Waals surface area contributed by atoms with Gasteiger partial charge in [0, 0.05) is 13.6 Å². The normalized spacial score (nSPS) is 17.1. The zero-order valence-corrected chi connectivity index (χ0v) is 10.6. The Labute approximate surface area is 105 Å². The van der Waals surface area contributed by atoms with Crippen molar-refractivity contribution in [2.24, 2.45) is 5.92 Å². The molecule has 0 atom stereocenters. The van der Waals surface area contributed by atoms with Crippen LogP contribution in [0.25, 0.3) is 0 Å². The molecule has 0 amide bonds. The number of H-pyrrole nitrogens is 1. The summed E-state index contributed by atoms with van der Waals surface area (Å²) in [6.07, 6.45) is 3.93. The first kappa shape index (κ1) is 12.4. The van der Waals surface area contributed by atoms with E-state index in [1.54, 1.807) is 6.20 Å². The minimum Gasteiger partial charge on any atom is -0.372 e. The van der Waals surface area contributed by atoms with Crippen LogP contribution in [0.1, 0.15) is 12.8 Å². The topological polar surface area (TPSA) is 61.0 Å². The van der Waals surface area contributed by atoms with Crippen LogP contribution in [0.4, 0.5) is 5.69 Å². The fraction of sp³-hybridized carbons (Fsp3) is 0.636. The van der Waals surface area contributed by atoms with Crippen molar-refractivity contribution < 1.29 is 0 Å². The van der Waals surface area contributed by atoms with E-state index in [4.69, 9.17) is 11.6 Å². The van der Waals surface area contributed by atoms with E-state index >= 15 is 0 Å². The van der Waals surface area contributed by atoms with Gasteiger partial charge in [0.05, 0.1) is 11.9 Å². The lowest BCUT2D eigenvalue weighted by Gasteiger charge is -2.28. The van der Waals surface area contributed by atoms with Gasteiger partial charge in [-0.05, 0) is 31.8 Å². The number of aromatic nitrogens is 2. The molecule has 0 saturated carbocycles. The lowest BCUT2D eigenvalue weighted by Crippen LogP contribution is -2.35. The van der Waals surface area contributed by atoms with Crippen LogP contribution >= 0.6 is 11.6 Å². The van der Waals surface area contributed by atoms with Gasteiger partial charge < -0.3 is 10.2 Å². The molecule has 0 aliphatic carbocycles. The summed E-state index contributed by atoms with van der Waals surface area (Å²) in [5.41, 5.74) is 0.371. The van der Waals surface area contributed by atoms with Gasteiger partial charge in [-0.15, -0.1) is 0 Å². The molecule has 0 bridgehead atoms. The fourth-order valence-corrected chi connectivity index (χ4v) is 2.43. The van der Waals surface area contributed by atoms with Crippen molar-refractivity contribution in [2.75, 3.05) is 31.6 Å². The van der Waals surface area contributed by atoms with Crippen molar-refractivity contribution in [1.82, 2.24) is 15.5 Å². The van der Waals surface area contributed by atoms with Crippen molar-refractivity contribution >= 4 is 17.3 Å². The van der Waals surface area contributed by atoms with Gasteiger partial charge >= 0.3 is 0 Å². The predicted molar refractivity (Wildman–Crippen MR) is 68.7 cm³/mol. The molecule has 0 radical (unpaired) electrons. The van der Waals surface area contributed by atoms with Gasteiger partial charge in [-0.3, -0.25) is 4.79 Å². The largest absolute Gasteiger partial charge is 0.372 e. The molecule has 6 heteroatoms. The summed E-state index contributed by atoms with van der Waals surface area (Å²) < 4.78 is 0. The standard InChI is InChI=1S/C11H17ClN4O/c1-16(7-8-2-4-13-5-3-8)9-6-14-15-11(17)10(9)12/h6,8,13H,2-5,7H2,1H3,(H,15,17). The van der Waals surface area contributed by atoms with Gasteiger partial charge in [-0.2, -0.15) is 5.10 Å². The molecule has 2 heterocycles. The van der Waals surface area contributed by atoms with Crippen LogP contribution in [0.3, 0.4) is 0 Å². The lowest BCUT2D eigenvalue weighted by atomic mass is 9.97. The maximum atomic E-state index is 11.3. The number of piperidine rings is 1. The molecule has 94 valence electrons. The number of hydrogen-bond donors (Lipinski definition) is 2. The van der Waals surface area contributed by atoms with Crippen molar-refractivity contribution in [3.63, 3.8) is 0 Å². The number of rotatable bonds is 3. The maximum absolute atomic E-state index is 11.3. The second-order valence-corrected chi connectivity index (χ2v) is 4.85. The van der Waals surface area contributed by atoms with E-state index in [0.29, 0.717) is 11.6 Å². The Morgan fingerprint density at radius 3 is 2.94 bits per heavy atom. The average Bonchev–Trinajstić information content (AvgIpc) is 2.34. The Hall–Kier alpha value is -1.07. The molecule has 1 aliphatic rings. The minimum atomic E-state index is -0.332. The molecule has 2 rings (SSSR count). The highest BCUT2D eigenvalue weighted by Crippen LogP contribution is 2.22. The third-order valence-corrected chi connectivity index (χ3v) is 3.54. The van der Waals surface area contributed by atoms with Crippen molar-refractivity contribution in [3.05, 3.63) is 21.6 Å². The summed E-state index contributed by atoms with van der Waals surface area (Å²) in [6, 6.07) is 0. The van der Waals surface area contributed by atoms with Crippen molar-refractivity contribution in [1.29, 1.82) is 0 Å². The highest BCUT2D eigenvalue weighted by Gasteiger charge is 2.17. The van der Waals surface area contributed by atoms with E-state index in [2.05, 4.69) is 15.5 Å². The molecule has 1 aliphatic heterocycles. The molecule has 1 saturated heterocycles. The summed E-state index contributed by atoms with van der Waals surface area (Å²) in [7, 11) is 1.95. The zero-order chi connectivity index (χ0) is 12.3. The highest BCUT2D eigenvalue weighted by atomic mass is 35.5. The molecule has 1 aromatic rings. The van der Waals surface area contributed by atoms with Crippen LogP contribution in [-0.4, -0.2) is 36.9 Å². The first-order valence-electron chi connectivity index (χ1n) is 5.83. The van der Waals surface area contributed by atoms with E-state index in [0.717, 1.165) is 19.6 Å². The van der Waals surface area contributed by atoms with Crippen LogP contribution in [0.5, 0.6) is 0 Å². The second kappa shape index (κ2) is 5.51. The molecule has 17 heavy (non-hydrogen) atoms. The summed E-state index contributed by atoms with van der Waals surface area (Å²) in [4.78, 5) is 13.4. The maximum Gasteiger partial charge on any atom is 0.285 e. The molecule has 5 nitrogen and oxygen atoms in total. The Bertz CT molecular complexity index is 428. The average molecular weight is 257 g/mol. The molecular weight excluding hydrogens is 240 g/mol. The number of aromatic amines is 1. The third kappa shape index (κ3) is 2.98. The predicted octanol–water partition coefficient (Wildman–Crippen LogP) is 0.859. The quantitative estimate of drug-likeness (QED) is 0.842. The molecule has 0 aromatic carbocycles. The molecule has 0 spiro atoms. The minimum absolute atomic E-state index is 0.219. The number of nitrogens with zero attached hydrogens (tertiary/aromatic N) is 2. The van der Waals surface area contributed by atoms with Crippen LogP contribution in [0.15, 0.2) is 11.0 Å². The van der Waals surface area contributed by atoms with Gasteiger partial charge in [-0.25, -0.2) is 5.10 Å². The second-order valence-electron chi connectivity index (χ2n) is 4.47. The van der Waals surface area contributed by atoms with Crippen molar-refractivity contribution in [3.8, 4) is 0 Å². The van der Waals surface area contributed by atoms with Crippen LogP contribution < -0.4 is 15.8 Å². The van der Waals surface area contributed by atoms with Gasteiger partial charge in [0.25, 0.3) is 5.56 Å². The molecule has 1 aromatic heterocycles. The Morgan fingerprint density at radius 1 is 1.53 bits per heavy atom. The van der Waals surface area contributed by atoms with Gasteiger partial charge in [0.2, 0.25) is 0 Å². The first-order valence-corrected chi connectivity index (χ1v) is 6.21. The summed E-state index contributed by atoms with van der Waals surface area (Å²) in [6.45, 7) is 3.05. The Kier molecular flexibility index (Phi) is 4.02. The molecule has 1 fully saturated rings. The summed E-state index contributed by atoms with van der Waals surface area (Å²) in [5, 5.41) is 9.66. The van der Waals surface area contributed by atoms with E-state index in [1.807, 2.05) is 11.9 Å². The monoisotopic (exact) mass is 256 g/mol. The van der Waals surface area contributed by atoms with Gasteiger partial charge in [-0.1, -0.05) is 11.6 Å². The Balaban J connectivity index is 2.06. The lowest BCUT2D eigenvalue weighted by molar-refractivity contribution is 0.378. The smallest absolute Gasteiger partial charge is 0.285 e. The Morgan fingerprint density at radius 2 is 2.24 bits per heavy atom. The van der Waals surface area contributed by atoms with Gasteiger partial charge in [0.15, 0.2) is 0 Å². The van der Waals surface area contributed by atoms with Crippen LogP contribution in [0, 0.1) is 5.92 Å². The van der Waals surface area contributed by atoms with E-state index < -0.39 is 0 Å². The number of hydrogen-bond acceptors (Lipinski definition) is 4. The first-order chi connectivity index (χ1) is 8.18. The SMILES string of the molecule is CN(CC1CCNCC1)c1cn[nH]c(=O)c1Cl. The van der Waals surface area contributed by atoms with Crippen molar-refractivity contribution in [2.45, 2.75) is 12.8 Å². The number of halogens is 1. The highest BCUT2D eigenvalue weighted by molar-refractivity contribution is 6.32. The summed E-state index contributed by atoms with van der Waals surface area (Å²) in [5.74, 6) is 0.650. The van der Waals surface area contributed by atoms with E-state index in [9.17, 15) is 4.79 Å². The van der Waals surface area contributed by atoms with Gasteiger partial charge in [0.1, 0.15) is 5.02 Å². The zero-order valence-electron chi connectivity index (χ0n) is 9.87. The number of nitrogens with one attached hydrogen (secondary N) is 2.